The number of ether oxygens (including phenoxy) is 2. The van der Waals surface area contributed by atoms with Crippen molar-refractivity contribution in [2.75, 3.05) is 11.9 Å². The first-order valence-electron chi connectivity index (χ1n) is 9.57. The molecule has 0 bridgehead atoms. The zero-order chi connectivity index (χ0) is 20.3. The van der Waals surface area contributed by atoms with Crippen LogP contribution >= 0.6 is 0 Å². The Morgan fingerprint density at radius 3 is 2.87 bits per heavy atom. The van der Waals surface area contributed by atoms with Crippen LogP contribution < -0.4 is 14.8 Å². The number of rotatable bonds is 5. The summed E-state index contributed by atoms with van der Waals surface area (Å²) in [6, 6.07) is 16.7. The lowest BCUT2D eigenvalue weighted by atomic mass is 10.2. The molecule has 0 saturated carbocycles. The van der Waals surface area contributed by atoms with Gasteiger partial charge in [-0.05, 0) is 36.4 Å². The van der Waals surface area contributed by atoms with Gasteiger partial charge < -0.3 is 14.8 Å². The fourth-order valence-corrected chi connectivity index (χ4v) is 3.30. The number of aromatic nitrogens is 4. The fraction of sp³-hybridized carbons (Fsp3) is 0.136. The Morgan fingerprint density at radius 1 is 1.10 bits per heavy atom. The second-order valence-electron chi connectivity index (χ2n) is 6.90. The van der Waals surface area contributed by atoms with Crippen molar-refractivity contribution in [2.24, 2.45) is 0 Å². The summed E-state index contributed by atoms with van der Waals surface area (Å²) in [5, 5.41) is 11.4. The van der Waals surface area contributed by atoms with Crippen LogP contribution in [0.5, 0.6) is 11.5 Å². The molecule has 1 aliphatic rings. The van der Waals surface area contributed by atoms with Gasteiger partial charge >= 0.3 is 0 Å². The molecule has 8 nitrogen and oxygen atoms in total. The molecule has 2 aromatic carbocycles. The molecule has 1 atom stereocenters. The first kappa shape index (κ1) is 18.0. The van der Waals surface area contributed by atoms with E-state index in [1.807, 2.05) is 48.7 Å². The van der Waals surface area contributed by atoms with Gasteiger partial charge in [0.25, 0.3) is 5.91 Å². The monoisotopic (exact) mass is 401 g/mol. The van der Waals surface area contributed by atoms with Gasteiger partial charge in [-0.15, -0.1) is 0 Å². The third kappa shape index (κ3) is 3.75. The minimum atomic E-state index is -0.213. The van der Waals surface area contributed by atoms with Gasteiger partial charge in [-0.1, -0.05) is 18.2 Å². The van der Waals surface area contributed by atoms with Crippen molar-refractivity contribution < 1.29 is 14.3 Å². The second-order valence-corrected chi connectivity index (χ2v) is 6.90. The first-order chi connectivity index (χ1) is 14.7. The lowest BCUT2D eigenvalue weighted by Gasteiger charge is -2.26. The summed E-state index contributed by atoms with van der Waals surface area (Å²) in [4.78, 5) is 12.6. The molecule has 5 rings (SSSR count). The Balaban J connectivity index is 1.23. The van der Waals surface area contributed by atoms with E-state index in [0.29, 0.717) is 24.4 Å². The fourth-order valence-electron chi connectivity index (χ4n) is 3.30. The predicted octanol–water partition coefficient (Wildman–Crippen LogP) is 3.16. The van der Waals surface area contributed by atoms with Crippen LogP contribution in [-0.4, -0.2) is 38.2 Å². The molecule has 0 spiro atoms. The van der Waals surface area contributed by atoms with Gasteiger partial charge in [0.15, 0.2) is 17.6 Å². The van der Waals surface area contributed by atoms with Gasteiger partial charge in [0.05, 0.1) is 24.1 Å². The first-order valence-corrected chi connectivity index (χ1v) is 9.57. The van der Waals surface area contributed by atoms with E-state index in [0.717, 1.165) is 17.2 Å². The van der Waals surface area contributed by atoms with E-state index in [4.69, 9.17) is 9.47 Å². The van der Waals surface area contributed by atoms with Gasteiger partial charge in [-0.2, -0.15) is 10.2 Å². The molecule has 1 N–H and O–H groups in total. The summed E-state index contributed by atoms with van der Waals surface area (Å²) in [6.45, 7) is 0.956. The van der Waals surface area contributed by atoms with Crippen LogP contribution in [0.25, 0.3) is 5.69 Å². The van der Waals surface area contributed by atoms with Crippen LogP contribution in [0.1, 0.15) is 10.4 Å². The summed E-state index contributed by atoms with van der Waals surface area (Å²) >= 11 is 0. The number of hydrogen-bond acceptors (Lipinski definition) is 5. The smallest absolute Gasteiger partial charge is 0.255 e. The van der Waals surface area contributed by atoms with E-state index >= 15 is 0 Å². The minimum absolute atomic E-state index is 0.158. The molecule has 3 heterocycles. The van der Waals surface area contributed by atoms with Crippen molar-refractivity contribution >= 4 is 11.6 Å². The van der Waals surface area contributed by atoms with Gasteiger partial charge in [0.1, 0.15) is 6.61 Å². The Kier molecular flexibility index (Phi) is 4.65. The van der Waals surface area contributed by atoms with Crippen molar-refractivity contribution in [3.63, 3.8) is 0 Å². The molecule has 0 saturated heterocycles. The molecule has 0 fully saturated rings. The minimum Gasteiger partial charge on any atom is -0.486 e. The number of nitrogens with zero attached hydrogens (tertiary/aromatic N) is 4. The van der Waals surface area contributed by atoms with E-state index in [1.165, 1.54) is 0 Å². The molecule has 8 heteroatoms. The second kappa shape index (κ2) is 7.75. The van der Waals surface area contributed by atoms with Gasteiger partial charge in [0, 0.05) is 24.2 Å². The maximum Gasteiger partial charge on any atom is 0.255 e. The Morgan fingerprint density at radius 2 is 2.00 bits per heavy atom. The maximum absolute atomic E-state index is 12.6. The van der Waals surface area contributed by atoms with Gasteiger partial charge in [-0.25, -0.2) is 4.68 Å². The number of carbonyl (C=O) groups is 1. The van der Waals surface area contributed by atoms with E-state index in [2.05, 4.69) is 15.5 Å². The van der Waals surface area contributed by atoms with Crippen LogP contribution in [0.2, 0.25) is 0 Å². The van der Waals surface area contributed by atoms with Crippen molar-refractivity contribution in [2.45, 2.75) is 12.6 Å². The molecule has 0 radical (unpaired) electrons. The molecule has 2 aromatic heterocycles. The van der Waals surface area contributed by atoms with E-state index in [9.17, 15) is 4.79 Å². The van der Waals surface area contributed by atoms with Crippen LogP contribution in [0.3, 0.4) is 0 Å². The number of hydrogen-bond donors (Lipinski definition) is 1. The summed E-state index contributed by atoms with van der Waals surface area (Å²) in [6.07, 6.45) is 6.76. The molecule has 4 aromatic rings. The van der Waals surface area contributed by atoms with Crippen LogP contribution in [0.4, 0.5) is 5.69 Å². The number of amides is 1. The normalized spacial score (nSPS) is 15.0. The predicted molar refractivity (Wildman–Crippen MR) is 110 cm³/mol. The average molecular weight is 401 g/mol. The number of nitrogens with one attached hydrogen (secondary N) is 1. The number of fused-ring (bicyclic) bond motifs is 1. The van der Waals surface area contributed by atoms with Crippen molar-refractivity contribution in [1.82, 2.24) is 19.6 Å². The van der Waals surface area contributed by atoms with Crippen LogP contribution in [-0.2, 0) is 6.54 Å². The van der Waals surface area contributed by atoms with Gasteiger partial charge in [0.2, 0.25) is 0 Å². The molecule has 150 valence electrons. The highest BCUT2D eigenvalue weighted by atomic mass is 16.6. The Labute approximate surface area is 172 Å². The van der Waals surface area contributed by atoms with Crippen molar-refractivity contribution in [3.8, 4) is 17.2 Å². The largest absolute Gasteiger partial charge is 0.486 e. The molecule has 1 amide bonds. The standard InChI is InChI=1S/C22H19N5O3/c28-22(16-5-3-6-18(11-16)27-10-4-9-23-27)25-17-12-24-26(13-17)14-19-15-29-20-7-1-2-8-21(20)30-19/h1-13,19H,14-15H2,(H,25,28)/t19-/m0/s1. The lowest BCUT2D eigenvalue weighted by molar-refractivity contribution is 0.0759. The topological polar surface area (TPSA) is 83.2 Å². The quantitative estimate of drug-likeness (QED) is 0.555. The SMILES string of the molecule is O=C(Nc1cnn(C[C@H]2COc3ccccc3O2)c1)c1cccc(-n2cccn2)c1. The van der Waals surface area contributed by atoms with E-state index in [-0.39, 0.29) is 12.0 Å². The number of benzene rings is 2. The highest BCUT2D eigenvalue weighted by Crippen LogP contribution is 2.31. The van der Waals surface area contributed by atoms with Crippen molar-refractivity contribution in [3.05, 3.63) is 84.9 Å². The Hall–Kier alpha value is -4.07. The maximum atomic E-state index is 12.6. The molecular weight excluding hydrogens is 382 g/mol. The summed E-state index contributed by atoms with van der Waals surface area (Å²) in [5.41, 5.74) is 1.97. The summed E-state index contributed by atoms with van der Waals surface area (Å²) < 4.78 is 15.1. The highest BCUT2D eigenvalue weighted by Gasteiger charge is 2.21. The summed E-state index contributed by atoms with van der Waals surface area (Å²) in [5.74, 6) is 1.26. The van der Waals surface area contributed by atoms with Crippen LogP contribution in [0, 0.1) is 0 Å². The molecular formula is C22H19N5O3. The number of anilines is 1. The molecule has 30 heavy (non-hydrogen) atoms. The highest BCUT2D eigenvalue weighted by molar-refractivity contribution is 6.04. The Bertz CT molecular complexity index is 1170. The summed E-state index contributed by atoms with van der Waals surface area (Å²) in [7, 11) is 0. The van der Waals surface area contributed by atoms with Gasteiger partial charge in [-0.3, -0.25) is 9.48 Å². The number of carbonyl (C=O) groups excluding carboxylic acids is 1. The molecule has 1 aliphatic heterocycles. The van der Waals surface area contributed by atoms with Crippen LogP contribution in [0.15, 0.2) is 79.4 Å². The lowest BCUT2D eigenvalue weighted by Crippen LogP contribution is -2.33. The van der Waals surface area contributed by atoms with E-state index in [1.54, 1.807) is 40.1 Å². The van der Waals surface area contributed by atoms with Crippen molar-refractivity contribution in [1.29, 1.82) is 0 Å². The molecule has 0 aliphatic carbocycles. The third-order valence-corrected chi connectivity index (χ3v) is 4.73. The van der Waals surface area contributed by atoms with E-state index < -0.39 is 0 Å². The molecule has 0 unspecified atom stereocenters. The average Bonchev–Trinajstić information content (AvgIpc) is 3.46. The zero-order valence-corrected chi connectivity index (χ0v) is 16.0. The number of para-hydroxylation sites is 2. The third-order valence-electron chi connectivity index (χ3n) is 4.73. The zero-order valence-electron chi connectivity index (χ0n) is 16.0.